The standard InChI is InChI=1S/C18H24NO5PS/c1-3-19-18(24-25(20,21)22)13-16(14-9-5-4-6-10-14)23-15-11-7-8-12-17(15)26-2/h4-12,16,18-19H,3,13H2,1-2H3,(H2,20,21,22). The predicted octanol–water partition coefficient (Wildman–Crippen LogP) is 3.96. The molecule has 0 saturated heterocycles. The number of hydrogen-bond donors (Lipinski definition) is 3. The molecular weight excluding hydrogens is 373 g/mol. The lowest BCUT2D eigenvalue weighted by atomic mass is 10.1. The molecule has 0 aromatic heterocycles. The third kappa shape index (κ3) is 6.76. The molecule has 0 amide bonds. The van der Waals surface area contributed by atoms with Crippen LogP contribution < -0.4 is 10.1 Å². The van der Waals surface area contributed by atoms with E-state index in [1.165, 1.54) is 0 Å². The molecule has 2 aromatic rings. The second-order valence-electron chi connectivity index (χ2n) is 5.55. The Kier molecular flexibility index (Phi) is 8.15. The number of phosphoric ester groups is 1. The number of phosphoric acid groups is 1. The maximum atomic E-state index is 11.3. The van der Waals surface area contributed by atoms with Gasteiger partial charge < -0.3 is 14.5 Å². The zero-order chi connectivity index (χ0) is 19.0. The molecule has 142 valence electrons. The number of nitrogens with one attached hydrogen (secondary N) is 1. The van der Waals surface area contributed by atoms with Crippen molar-refractivity contribution in [3.63, 3.8) is 0 Å². The summed E-state index contributed by atoms with van der Waals surface area (Å²) in [6.07, 6.45) is 0.941. The first-order chi connectivity index (χ1) is 12.4. The Labute approximate surface area is 158 Å². The van der Waals surface area contributed by atoms with Crippen LogP contribution in [0.3, 0.4) is 0 Å². The Morgan fingerprint density at radius 2 is 1.77 bits per heavy atom. The van der Waals surface area contributed by atoms with Crippen LogP contribution in [0.2, 0.25) is 0 Å². The van der Waals surface area contributed by atoms with Gasteiger partial charge in [0.05, 0.1) is 0 Å². The summed E-state index contributed by atoms with van der Waals surface area (Å²) in [5.74, 6) is 0.722. The summed E-state index contributed by atoms with van der Waals surface area (Å²) < 4.78 is 22.4. The van der Waals surface area contributed by atoms with E-state index in [9.17, 15) is 14.4 Å². The van der Waals surface area contributed by atoms with Gasteiger partial charge in [0.25, 0.3) is 0 Å². The molecule has 0 aliphatic rings. The van der Waals surface area contributed by atoms with E-state index in [-0.39, 0.29) is 6.42 Å². The minimum Gasteiger partial charge on any atom is -0.484 e. The summed E-state index contributed by atoms with van der Waals surface area (Å²) in [4.78, 5) is 19.3. The van der Waals surface area contributed by atoms with E-state index < -0.39 is 20.2 Å². The average Bonchev–Trinajstić information content (AvgIpc) is 2.61. The van der Waals surface area contributed by atoms with E-state index >= 15 is 0 Å². The van der Waals surface area contributed by atoms with Crippen molar-refractivity contribution < 1.29 is 23.6 Å². The average molecular weight is 397 g/mol. The number of para-hydroxylation sites is 1. The monoisotopic (exact) mass is 397 g/mol. The van der Waals surface area contributed by atoms with Crippen molar-refractivity contribution in [3.05, 3.63) is 60.2 Å². The molecule has 2 aromatic carbocycles. The van der Waals surface area contributed by atoms with Gasteiger partial charge in [-0.05, 0) is 30.5 Å². The zero-order valence-electron chi connectivity index (χ0n) is 14.7. The summed E-state index contributed by atoms with van der Waals surface area (Å²) >= 11 is 1.58. The Morgan fingerprint density at radius 3 is 2.38 bits per heavy atom. The molecule has 2 unspecified atom stereocenters. The fourth-order valence-corrected chi connectivity index (χ4v) is 3.56. The van der Waals surface area contributed by atoms with Crippen LogP contribution in [-0.4, -0.2) is 28.8 Å². The maximum absolute atomic E-state index is 11.3. The van der Waals surface area contributed by atoms with Crippen LogP contribution in [0.4, 0.5) is 0 Å². The van der Waals surface area contributed by atoms with Crippen LogP contribution in [-0.2, 0) is 9.09 Å². The summed E-state index contributed by atoms with van der Waals surface area (Å²) in [6.45, 7) is 2.35. The quantitative estimate of drug-likeness (QED) is 0.318. The third-order valence-corrected chi connectivity index (χ3v) is 4.94. The van der Waals surface area contributed by atoms with Crippen molar-refractivity contribution >= 4 is 19.6 Å². The topological polar surface area (TPSA) is 88.0 Å². The molecule has 3 N–H and O–H groups in total. The molecule has 26 heavy (non-hydrogen) atoms. The highest BCUT2D eigenvalue weighted by molar-refractivity contribution is 7.98. The summed E-state index contributed by atoms with van der Waals surface area (Å²) in [5.41, 5.74) is 0.903. The van der Waals surface area contributed by atoms with Gasteiger partial charge in [-0.2, -0.15) is 0 Å². The molecule has 2 rings (SSSR count). The summed E-state index contributed by atoms with van der Waals surface area (Å²) in [6, 6.07) is 17.2. The van der Waals surface area contributed by atoms with Gasteiger partial charge >= 0.3 is 7.82 Å². The molecule has 0 aliphatic heterocycles. The van der Waals surface area contributed by atoms with Crippen LogP contribution in [0.5, 0.6) is 5.75 Å². The second-order valence-corrected chi connectivity index (χ2v) is 7.59. The minimum atomic E-state index is -4.62. The zero-order valence-corrected chi connectivity index (χ0v) is 16.5. The lowest BCUT2D eigenvalue weighted by Crippen LogP contribution is -2.33. The highest BCUT2D eigenvalue weighted by atomic mass is 32.2. The van der Waals surface area contributed by atoms with E-state index in [0.717, 1.165) is 16.2 Å². The molecule has 0 fully saturated rings. The van der Waals surface area contributed by atoms with Crippen LogP contribution >= 0.6 is 19.6 Å². The third-order valence-electron chi connectivity index (χ3n) is 3.63. The SMILES string of the molecule is CCNC(CC(Oc1ccccc1SC)c1ccccc1)OP(=O)(O)O. The number of ether oxygens (including phenoxy) is 1. The molecule has 0 radical (unpaired) electrons. The lowest BCUT2D eigenvalue weighted by molar-refractivity contribution is 0.0624. The largest absolute Gasteiger partial charge is 0.484 e. The van der Waals surface area contributed by atoms with Gasteiger partial charge in [-0.1, -0.05) is 49.4 Å². The van der Waals surface area contributed by atoms with E-state index in [1.807, 2.05) is 67.8 Å². The Bertz CT molecular complexity index is 725. The fraction of sp³-hybridized carbons (Fsp3) is 0.333. The minimum absolute atomic E-state index is 0.242. The molecule has 0 saturated carbocycles. The van der Waals surface area contributed by atoms with Gasteiger partial charge in [-0.25, -0.2) is 4.57 Å². The number of rotatable bonds is 10. The van der Waals surface area contributed by atoms with Crippen molar-refractivity contribution in [3.8, 4) is 5.75 Å². The van der Waals surface area contributed by atoms with Crippen molar-refractivity contribution in [1.29, 1.82) is 0 Å². The van der Waals surface area contributed by atoms with Crippen molar-refractivity contribution in [1.82, 2.24) is 5.32 Å². The van der Waals surface area contributed by atoms with Gasteiger partial charge in [-0.3, -0.25) is 9.84 Å². The predicted molar refractivity (Wildman–Crippen MR) is 103 cm³/mol. The van der Waals surface area contributed by atoms with Gasteiger partial charge in [0, 0.05) is 11.3 Å². The first-order valence-corrected chi connectivity index (χ1v) is 11.0. The molecule has 0 aliphatic carbocycles. The van der Waals surface area contributed by atoms with Crippen molar-refractivity contribution in [2.45, 2.75) is 30.6 Å². The van der Waals surface area contributed by atoms with E-state index in [1.54, 1.807) is 11.8 Å². The number of benzene rings is 2. The molecule has 0 spiro atoms. The van der Waals surface area contributed by atoms with Crippen LogP contribution in [0, 0.1) is 0 Å². The van der Waals surface area contributed by atoms with Crippen LogP contribution in [0.1, 0.15) is 25.0 Å². The molecule has 6 nitrogen and oxygen atoms in total. The van der Waals surface area contributed by atoms with Crippen LogP contribution in [0.15, 0.2) is 59.5 Å². The summed E-state index contributed by atoms with van der Waals surface area (Å²) in [5, 5.41) is 2.95. The number of thioether (sulfide) groups is 1. The van der Waals surface area contributed by atoms with Crippen LogP contribution in [0.25, 0.3) is 0 Å². The molecule has 0 heterocycles. The Balaban J connectivity index is 2.27. The normalized spacial score (nSPS) is 14.0. The molecule has 8 heteroatoms. The van der Waals surface area contributed by atoms with Gasteiger partial charge in [0.1, 0.15) is 18.1 Å². The highest BCUT2D eigenvalue weighted by Gasteiger charge is 2.26. The molecule has 0 bridgehead atoms. The second kappa shape index (κ2) is 10.1. The van der Waals surface area contributed by atoms with E-state index in [4.69, 9.17) is 9.26 Å². The van der Waals surface area contributed by atoms with Crippen molar-refractivity contribution in [2.24, 2.45) is 0 Å². The smallest absolute Gasteiger partial charge is 0.471 e. The van der Waals surface area contributed by atoms with Gasteiger partial charge in [-0.15, -0.1) is 11.8 Å². The maximum Gasteiger partial charge on any atom is 0.471 e. The first-order valence-electron chi connectivity index (χ1n) is 8.25. The van der Waals surface area contributed by atoms with E-state index in [2.05, 4.69) is 5.32 Å². The fourth-order valence-electron chi connectivity index (χ4n) is 2.54. The Hall–Kier alpha value is -1.34. The molecular formula is C18H24NO5PS. The lowest BCUT2D eigenvalue weighted by Gasteiger charge is -2.26. The number of hydrogen-bond acceptors (Lipinski definition) is 5. The van der Waals surface area contributed by atoms with Crippen molar-refractivity contribution in [2.75, 3.05) is 12.8 Å². The molecule has 2 atom stereocenters. The highest BCUT2D eigenvalue weighted by Crippen LogP contribution is 2.40. The Morgan fingerprint density at radius 1 is 1.12 bits per heavy atom. The first kappa shape index (κ1) is 21.0. The van der Waals surface area contributed by atoms with Gasteiger partial charge in [0.2, 0.25) is 0 Å². The van der Waals surface area contributed by atoms with Gasteiger partial charge in [0.15, 0.2) is 0 Å². The summed E-state index contributed by atoms with van der Waals surface area (Å²) in [7, 11) is -4.62. The van der Waals surface area contributed by atoms with E-state index in [0.29, 0.717) is 6.54 Å².